The summed E-state index contributed by atoms with van der Waals surface area (Å²) in [7, 11) is 2.74. The first-order valence-electron chi connectivity index (χ1n) is 6.13. The Morgan fingerprint density at radius 2 is 1.71 bits per heavy atom. The first kappa shape index (κ1) is 13.0. The van der Waals surface area contributed by atoms with Gasteiger partial charge in [-0.2, -0.15) is 0 Å². The van der Waals surface area contributed by atoms with Gasteiger partial charge in [-0.25, -0.2) is 9.52 Å². The summed E-state index contributed by atoms with van der Waals surface area (Å²) < 4.78 is 2.40. The molecule has 0 aliphatic rings. The van der Waals surface area contributed by atoms with E-state index in [0.29, 0.717) is 10.3 Å². The minimum absolute atomic E-state index is 0.0128. The van der Waals surface area contributed by atoms with Crippen molar-refractivity contribution < 1.29 is 4.73 Å². The van der Waals surface area contributed by atoms with E-state index in [1.165, 1.54) is 14.1 Å². The molecule has 2 aromatic heterocycles. The minimum Gasteiger partial charge on any atom is -0.710 e. The Morgan fingerprint density at radius 3 is 2.38 bits per heavy atom. The molecule has 8 heteroatoms. The predicted octanol–water partition coefficient (Wildman–Crippen LogP) is -0.672. The standard InChI is InChI=1S/C13H11N5O3/c1-16-11-9(12(19)17(2)13(16)20)18(21)10(14-15-11)8-6-4-3-5-7-8/h3-7H,1-2H3. The highest BCUT2D eigenvalue weighted by Gasteiger charge is 2.21. The van der Waals surface area contributed by atoms with Crippen LogP contribution >= 0.6 is 0 Å². The third-order valence-electron chi connectivity index (χ3n) is 3.28. The summed E-state index contributed by atoms with van der Waals surface area (Å²) in [6, 6.07) is 8.68. The Kier molecular flexibility index (Phi) is 2.79. The highest BCUT2D eigenvalue weighted by Crippen LogP contribution is 2.12. The van der Waals surface area contributed by atoms with Gasteiger partial charge >= 0.3 is 17.1 Å². The molecule has 0 unspecified atom stereocenters. The molecule has 0 aliphatic heterocycles. The third kappa shape index (κ3) is 1.80. The molecule has 8 nitrogen and oxygen atoms in total. The summed E-state index contributed by atoms with van der Waals surface area (Å²) in [6.45, 7) is 0. The van der Waals surface area contributed by atoms with Crippen LogP contribution in [0.3, 0.4) is 0 Å². The summed E-state index contributed by atoms with van der Waals surface area (Å²) in [5.41, 5.74) is -0.978. The molecule has 0 amide bonds. The van der Waals surface area contributed by atoms with Gasteiger partial charge in [0, 0.05) is 14.1 Å². The third-order valence-corrected chi connectivity index (χ3v) is 3.28. The van der Waals surface area contributed by atoms with Crippen LogP contribution in [0.2, 0.25) is 0 Å². The van der Waals surface area contributed by atoms with Gasteiger partial charge < -0.3 is 5.21 Å². The van der Waals surface area contributed by atoms with E-state index in [9.17, 15) is 14.8 Å². The maximum Gasteiger partial charge on any atom is 0.361 e. The largest absolute Gasteiger partial charge is 0.710 e. The van der Waals surface area contributed by atoms with E-state index in [0.717, 1.165) is 9.13 Å². The minimum atomic E-state index is -0.699. The molecule has 0 spiro atoms. The summed E-state index contributed by atoms with van der Waals surface area (Å²) in [4.78, 5) is 24.0. The van der Waals surface area contributed by atoms with Crippen LogP contribution in [0.15, 0.2) is 39.9 Å². The Morgan fingerprint density at radius 1 is 1.05 bits per heavy atom. The number of fused-ring (bicyclic) bond motifs is 1. The molecule has 21 heavy (non-hydrogen) atoms. The van der Waals surface area contributed by atoms with Crippen molar-refractivity contribution in [3.05, 3.63) is 56.4 Å². The first-order valence-corrected chi connectivity index (χ1v) is 6.13. The quantitative estimate of drug-likeness (QED) is 0.436. The molecular weight excluding hydrogens is 274 g/mol. The van der Waals surface area contributed by atoms with Gasteiger partial charge in [-0.05, 0) is 17.2 Å². The van der Waals surface area contributed by atoms with E-state index in [1.54, 1.807) is 30.3 Å². The lowest BCUT2D eigenvalue weighted by Crippen LogP contribution is -2.45. The van der Waals surface area contributed by atoms with Gasteiger partial charge in [0.1, 0.15) is 0 Å². The van der Waals surface area contributed by atoms with Crippen molar-refractivity contribution in [3.63, 3.8) is 0 Å². The fourth-order valence-corrected chi connectivity index (χ4v) is 2.11. The number of rotatable bonds is 1. The van der Waals surface area contributed by atoms with Gasteiger partial charge in [0.05, 0.1) is 10.7 Å². The van der Waals surface area contributed by atoms with Gasteiger partial charge in [-0.3, -0.25) is 13.9 Å². The zero-order valence-electron chi connectivity index (χ0n) is 11.3. The van der Waals surface area contributed by atoms with Crippen molar-refractivity contribution in [1.29, 1.82) is 0 Å². The molecule has 0 fully saturated rings. The second-order valence-corrected chi connectivity index (χ2v) is 4.56. The molecule has 2 heterocycles. The van der Waals surface area contributed by atoms with Crippen LogP contribution in [-0.2, 0) is 14.1 Å². The number of benzene rings is 1. The van der Waals surface area contributed by atoms with Crippen LogP contribution in [0, 0.1) is 5.21 Å². The molecule has 3 rings (SSSR count). The lowest BCUT2D eigenvalue weighted by molar-refractivity contribution is -0.569. The van der Waals surface area contributed by atoms with E-state index in [2.05, 4.69) is 10.2 Å². The molecule has 3 aromatic rings. The number of hydrogen-bond acceptors (Lipinski definition) is 5. The lowest BCUT2D eigenvalue weighted by atomic mass is 10.2. The monoisotopic (exact) mass is 285 g/mol. The maximum absolute atomic E-state index is 12.5. The van der Waals surface area contributed by atoms with Crippen molar-refractivity contribution in [3.8, 4) is 11.4 Å². The maximum atomic E-state index is 12.5. The van der Waals surface area contributed by atoms with Gasteiger partial charge in [-0.15, -0.1) is 0 Å². The zero-order chi connectivity index (χ0) is 15.1. The smallest absolute Gasteiger partial charge is 0.361 e. The van der Waals surface area contributed by atoms with Crippen LogP contribution in [0.5, 0.6) is 0 Å². The normalized spacial score (nSPS) is 11.0. The molecule has 106 valence electrons. The molecule has 1 aromatic carbocycles. The summed E-state index contributed by atoms with van der Waals surface area (Å²) >= 11 is 0. The van der Waals surface area contributed by atoms with Gasteiger partial charge in [0.15, 0.2) is 0 Å². The lowest BCUT2D eigenvalue weighted by Gasteiger charge is -2.10. The van der Waals surface area contributed by atoms with E-state index in [1.807, 2.05) is 0 Å². The number of aryl methyl sites for hydroxylation is 1. The second-order valence-electron chi connectivity index (χ2n) is 4.56. The van der Waals surface area contributed by atoms with E-state index < -0.39 is 11.2 Å². The Bertz CT molecular complexity index is 959. The van der Waals surface area contributed by atoms with Crippen molar-refractivity contribution in [2.24, 2.45) is 14.1 Å². The molecule has 0 radical (unpaired) electrons. The molecule has 0 atom stereocenters. The average molecular weight is 285 g/mol. The molecule has 0 N–H and O–H groups in total. The summed E-state index contributed by atoms with van der Waals surface area (Å²) in [5.74, 6) is 0.0128. The second kappa shape index (κ2) is 4.51. The zero-order valence-corrected chi connectivity index (χ0v) is 11.3. The topological polar surface area (TPSA) is 96.7 Å². The van der Waals surface area contributed by atoms with E-state index in [-0.39, 0.29) is 17.0 Å². The van der Waals surface area contributed by atoms with Gasteiger partial charge in [0.25, 0.3) is 0 Å². The van der Waals surface area contributed by atoms with Crippen LogP contribution in [0.4, 0.5) is 0 Å². The molecular formula is C13H11N5O3. The average Bonchev–Trinajstić information content (AvgIpc) is 2.51. The molecule has 0 saturated heterocycles. The van der Waals surface area contributed by atoms with Crippen LogP contribution < -0.4 is 16.0 Å². The van der Waals surface area contributed by atoms with Crippen LogP contribution in [-0.4, -0.2) is 19.3 Å². The fraction of sp³-hybridized carbons (Fsp3) is 0.154. The summed E-state index contributed by atoms with van der Waals surface area (Å²) in [6.07, 6.45) is 0. The van der Waals surface area contributed by atoms with Gasteiger partial charge in [-0.1, -0.05) is 18.2 Å². The first-order chi connectivity index (χ1) is 10.0. The van der Waals surface area contributed by atoms with Crippen LogP contribution in [0.1, 0.15) is 0 Å². The number of hydrogen-bond donors (Lipinski definition) is 0. The van der Waals surface area contributed by atoms with Crippen molar-refractivity contribution >= 4 is 11.2 Å². The van der Waals surface area contributed by atoms with Crippen molar-refractivity contribution in [2.45, 2.75) is 0 Å². The predicted molar refractivity (Wildman–Crippen MR) is 74.4 cm³/mol. The van der Waals surface area contributed by atoms with Gasteiger partial charge in [0.2, 0.25) is 11.2 Å². The molecule has 0 saturated carbocycles. The number of nitrogens with zero attached hydrogens (tertiary/aromatic N) is 5. The van der Waals surface area contributed by atoms with E-state index in [4.69, 9.17) is 0 Å². The molecule has 0 bridgehead atoms. The van der Waals surface area contributed by atoms with Crippen molar-refractivity contribution in [1.82, 2.24) is 19.3 Å². The number of aromatic nitrogens is 5. The highest BCUT2D eigenvalue weighted by atomic mass is 16.5. The van der Waals surface area contributed by atoms with Crippen molar-refractivity contribution in [2.75, 3.05) is 0 Å². The Labute approximate surface area is 118 Å². The SMILES string of the molecule is Cn1c(=O)c2c(nnc(-c3ccccc3)[n+]2[O-])n(C)c1=O. The summed E-state index contributed by atoms with van der Waals surface area (Å²) in [5, 5.41) is 20.2. The Balaban J connectivity index is 2.48. The fourth-order valence-electron chi connectivity index (χ4n) is 2.11. The molecule has 0 aliphatic carbocycles. The van der Waals surface area contributed by atoms with Crippen LogP contribution in [0.25, 0.3) is 22.6 Å². The van der Waals surface area contributed by atoms with E-state index >= 15 is 0 Å². The highest BCUT2D eigenvalue weighted by molar-refractivity contribution is 5.66. The Hall–Kier alpha value is -3.03.